The van der Waals surface area contributed by atoms with Crippen molar-refractivity contribution in [3.8, 4) is 5.75 Å². The van der Waals surface area contributed by atoms with Gasteiger partial charge < -0.3 is 10.1 Å². The molecule has 0 aliphatic heterocycles. The molecule has 0 unspecified atom stereocenters. The van der Waals surface area contributed by atoms with E-state index in [1.807, 2.05) is 6.92 Å². The van der Waals surface area contributed by atoms with Gasteiger partial charge in [-0.25, -0.2) is 8.42 Å². The first-order valence-corrected chi connectivity index (χ1v) is 12.0. The molecule has 7 heteroatoms. The molecular formula is C24H30N2O4S. The number of amides is 1. The minimum atomic E-state index is -3.96. The molecule has 3 rings (SSSR count). The molecule has 166 valence electrons. The van der Waals surface area contributed by atoms with Crippen LogP contribution in [-0.2, 0) is 14.8 Å². The Morgan fingerprint density at radius 1 is 1.10 bits per heavy atom. The normalized spacial score (nSPS) is 13.9. The third-order valence-corrected chi connectivity index (χ3v) is 7.18. The van der Waals surface area contributed by atoms with Gasteiger partial charge in [-0.2, -0.15) is 0 Å². The first kappa shape index (κ1) is 22.9. The standard InChI is InChI=1S/C24H30N2O4S/c1-19-12-14-21(15-13-19)31(28,29)26(22-10-6-7-11-23(22)30-2)18-24(27)25-17-16-20-8-4-3-5-9-20/h6-8,10-15H,3-5,9,16-18H2,1-2H3,(H,25,27). The van der Waals surface area contributed by atoms with Crippen molar-refractivity contribution in [3.05, 3.63) is 65.7 Å². The van der Waals surface area contributed by atoms with E-state index in [2.05, 4.69) is 11.4 Å². The van der Waals surface area contributed by atoms with E-state index in [-0.39, 0.29) is 17.3 Å². The molecule has 2 aromatic carbocycles. The van der Waals surface area contributed by atoms with Gasteiger partial charge in [-0.15, -0.1) is 0 Å². The summed E-state index contributed by atoms with van der Waals surface area (Å²) < 4.78 is 33.4. The molecule has 0 spiro atoms. The minimum Gasteiger partial charge on any atom is -0.495 e. The molecule has 1 aliphatic carbocycles. The maximum atomic E-state index is 13.5. The lowest BCUT2D eigenvalue weighted by atomic mass is 9.97. The number of anilines is 1. The second-order valence-corrected chi connectivity index (χ2v) is 9.57. The van der Waals surface area contributed by atoms with Gasteiger partial charge in [0, 0.05) is 6.54 Å². The van der Waals surface area contributed by atoms with Gasteiger partial charge >= 0.3 is 0 Å². The summed E-state index contributed by atoms with van der Waals surface area (Å²) in [6, 6.07) is 13.4. The number of allylic oxidation sites excluding steroid dienone is 1. The molecule has 0 fully saturated rings. The molecule has 0 saturated carbocycles. The molecule has 2 aromatic rings. The summed E-state index contributed by atoms with van der Waals surface area (Å²) in [6.07, 6.45) is 7.63. The summed E-state index contributed by atoms with van der Waals surface area (Å²) in [5.41, 5.74) is 2.65. The quantitative estimate of drug-likeness (QED) is 0.591. The van der Waals surface area contributed by atoms with E-state index in [1.165, 1.54) is 25.5 Å². The van der Waals surface area contributed by atoms with Crippen LogP contribution in [0, 0.1) is 6.92 Å². The fraction of sp³-hybridized carbons (Fsp3) is 0.375. The molecule has 0 atom stereocenters. The third kappa shape index (κ3) is 5.88. The highest BCUT2D eigenvalue weighted by Gasteiger charge is 2.29. The zero-order valence-corrected chi connectivity index (χ0v) is 19.0. The molecule has 0 radical (unpaired) electrons. The summed E-state index contributed by atoms with van der Waals surface area (Å²) in [7, 11) is -2.48. The monoisotopic (exact) mass is 442 g/mol. The largest absolute Gasteiger partial charge is 0.495 e. The minimum absolute atomic E-state index is 0.129. The van der Waals surface area contributed by atoms with Gasteiger partial charge in [-0.05, 0) is 63.3 Å². The van der Waals surface area contributed by atoms with Crippen LogP contribution < -0.4 is 14.4 Å². The fourth-order valence-electron chi connectivity index (χ4n) is 3.65. The van der Waals surface area contributed by atoms with E-state index in [1.54, 1.807) is 48.5 Å². The van der Waals surface area contributed by atoms with Crippen molar-refractivity contribution < 1.29 is 17.9 Å². The maximum Gasteiger partial charge on any atom is 0.264 e. The maximum absolute atomic E-state index is 13.5. The number of hydrogen-bond acceptors (Lipinski definition) is 4. The molecule has 1 N–H and O–H groups in total. The Bertz CT molecular complexity index is 1030. The summed E-state index contributed by atoms with van der Waals surface area (Å²) in [4.78, 5) is 12.9. The first-order chi connectivity index (χ1) is 14.9. The number of aryl methyl sites for hydroxylation is 1. The number of nitrogens with zero attached hydrogens (tertiary/aromatic N) is 1. The highest BCUT2D eigenvalue weighted by atomic mass is 32.2. The number of sulfonamides is 1. The number of hydrogen-bond donors (Lipinski definition) is 1. The Morgan fingerprint density at radius 3 is 2.52 bits per heavy atom. The van der Waals surface area contributed by atoms with Crippen LogP contribution in [0.3, 0.4) is 0 Å². The number of carbonyl (C=O) groups is 1. The van der Waals surface area contributed by atoms with Crippen LogP contribution in [0.1, 0.15) is 37.7 Å². The van der Waals surface area contributed by atoms with E-state index in [9.17, 15) is 13.2 Å². The van der Waals surface area contributed by atoms with Crippen molar-refractivity contribution in [1.82, 2.24) is 5.32 Å². The smallest absolute Gasteiger partial charge is 0.264 e. The average Bonchev–Trinajstić information content (AvgIpc) is 2.78. The van der Waals surface area contributed by atoms with Crippen molar-refractivity contribution in [1.29, 1.82) is 0 Å². The van der Waals surface area contributed by atoms with Gasteiger partial charge in [-0.1, -0.05) is 41.5 Å². The second-order valence-electron chi connectivity index (χ2n) is 7.70. The van der Waals surface area contributed by atoms with Gasteiger partial charge in [-0.3, -0.25) is 9.10 Å². The van der Waals surface area contributed by atoms with Crippen molar-refractivity contribution in [2.24, 2.45) is 0 Å². The van der Waals surface area contributed by atoms with Crippen LogP contribution in [-0.4, -0.2) is 34.5 Å². The number of ether oxygens (including phenoxy) is 1. The summed E-state index contributed by atoms with van der Waals surface area (Å²) >= 11 is 0. The third-order valence-electron chi connectivity index (χ3n) is 5.40. The molecule has 1 amide bonds. The number of benzene rings is 2. The van der Waals surface area contributed by atoms with Crippen LogP contribution in [0.25, 0.3) is 0 Å². The molecule has 1 aliphatic rings. The Hall–Kier alpha value is -2.80. The molecule has 0 saturated heterocycles. The predicted molar refractivity (Wildman–Crippen MR) is 123 cm³/mol. The Kier molecular flexibility index (Phi) is 7.74. The molecule has 0 heterocycles. The van der Waals surface area contributed by atoms with Crippen molar-refractivity contribution in [2.45, 2.75) is 43.9 Å². The molecule has 0 bridgehead atoms. The highest BCUT2D eigenvalue weighted by Crippen LogP contribution is 2.32. The number of carbonyl (C=O) groups excluding carboxylic acids is 1. The Morgan fingerprint density at radius 2 is 1.84 bits per heavy atom. The van der Waals surface area contributed by atoms with E-state index in [0.29, 0.717) is 18.0 Å². The number of rotatable bonds is 9. The van der Waals surface area contributed by atoms with Gasteiger partial charge in [0.05, 0.1) is 17.7 Å². The number of methoxy groups -OCH3 is 1. The molecular weight excluding hydrogens is 412 g/mol. The van der Waals surface area contributed by atoms with E-state index in [4.69, 9.17) is 4.74 Å². The van der Waals surface area contributed by atoms with Gasteiger partial charge in [0.25, 0.3) is 10.0 Å². The lowest BCUT2D eigenvalue weighted by Gasteiger charge is -2.25. The van der Waals surface area contributed by atoms with Crippen LogP contribution >= 0.6 is 0 Å². The Labute approximate surface area is 185 Å². The zero-order valence-electron chi connectivity index (χ0n) is 18.1. The predicted octanol–water partition coefficient (Wildman–Crippen LogP) is 4.21. The molecule has 0 aromatic heterocycles. The topological polar surface area (TPSA) is 75.7 Å². The van der Waals surface area contributed by atoms with Gasteiger partial charge in [0.2, 0.25) is 5.91 Å². The number of para-hydroxylation sites is 2. The number of nitrogens with one attached hydrogen (secondary N) is 1. The Balaban J connectivity index is 1.81. The fourth-order valence-corrected chi connectivity index (χ4v) is 5.08. The first-order valence-electron chi connectivity index (χ1n) is 10.6. The van der Waals surface area contributed by atoms with E-state index >= 15 is 0 Å². The second kappa shape index (κ2) is 10.5. The van der Waals surface area contributed by atoms with Gasteiger partial charge in [0.1, 0.15) is 12.3 Å². The molecule has 6 nitrogen and oxygen atoms in total. The zero-order chi connectivity index (χ0) is 22.3. The van der Waals surface area contributed by atoms with Crippen LogP contribution in [0.15, 0.2) is 65.1 Å². The van der Waals surface area contributed by atoms with Crippen LogP contribution in [0.2, 0.25) is 0 Å². The lowest BCUT2D eigenvalue weighted by Crippen LogP contribution is -2.41. The van der Waals surface area contributed by atoms with Crippen molar-refractivity contribution in [2.75, 3.05) is 24.5 Å². The molecule has 31 heavy (non-hydrogen) atoms. The summed E-state index contributed by atoms with van der Waals surface area (Å²) in [6.45, 7) is 2.06. The van der Waals surface area contributed by atoms with Gasteiger partial charge in [0.15, 0.2) is 0 Å². The van der Waals surface area contributed by atoms with E-state index < -0.39 is 10.0 Å². The summed E-state index contributed by atoms with van der Waals surface area (Å²) in [5.74, 6) is 0.0383. The highest BCUT2D eigenvalue weighted by molar-refractivity contribution is 7.92. The SMILES string of the molecule is COc1ccccc1N(CC(=O)NCCC1=CCCCC1)S(=O)(=O)c1ccc(C)cc1. The van der Waals surface area contributed by atoms with Crippen molar-refractivity contribution in [3.63, 3.8) is 0 Å². The van der Waals surface area contributed by atoms with Crippen LogP contribution in [0.5, 0.6) is 5.75 Å². The lowest BCUT2D eigenvalue weighted by molar-refractivity contribution is -0.119. The summed E-state index contributed by atoms with van der Waals surface area (Å²) in [5, 5.41) is 2.87. The van der Waals surface area contributed by atoms with Crippen molar-refractivity contribution >= 4 is 21.6 Å². The van der Waals surface area contributed by atoms with E-state index in [0.717, 1.165) is 29.1 Å². The average molecular weight is 443 g/mol. The van der Waals surface area contributed by atoms with Crippen LogP contribution in [0.4, 0.5) is 5.69 Å².